The summed E-state index contributed by atoms with van der Waals surface area (Å²) in [5.74, 6) is 1.05. The van der Waals surface area contributed by atoms with Crippen molar-refractivity contribution in [2.45, 2.75) is 13.3 Å². The molecule has 0 aliphatic carbocycles. The number of para-hydroxylation sites is 4. The fourth-order valence-electron chi connectivity index (χ4n) is 7.97. The number of furan rings is 1. The maximum atomic E-state index is 6.36. The zero-order valence-electron chi connectivity index (χ0n) is 27.2. The number of thiophene rings is 1. The number of benzene rings is 7. The van der Waals surface area contributed by atoms with Gasteiger partial charge >= 0.3 is 0 Å². The van der Waals surface area contributed by atoms with Crippen molar-refractivity contribution in [3.05, 3.63) is 151 Å². The Balaban J connectivity index is 1.06. The highest BCUT2D eigenvalue weighted by Crippen LogP contribution is 2.41. The van der Waals surface area contributed by atoms with Crippen LogP contribution < -0.4 is 0 Å². The maximum Gasteiger partial charge on any atom is 0.135 e. The van der Waals surface area contributed by atoms with Crippen LogP contribution in [0, 0.1) is 0 Å². The summed E-state index contributed by atoms with van der Waals surface area (Å²) in [4.78, 5) is 4.92. The Hall–Kier alpha value is -6.17. The largest absolute Gasteiger partial charge is 0.456 e. The Bertz CT molecular complexity index is 3100. The van der Waals surface area contributed by atoms with Crippen molar-refractivity contribution in [1.82, 2.24) is 14.1 Å². The number of aromatic nitrogens is 3. The maximum absolute atomic E-state index is 6.36. The molecular weight excluding hydrogens is 631 g/mol. The van der Waals surface area contributed by atoms with Crippen LogP contribution in [0.15, 0.2) is 150 Å². The van der Waals surface area contributed by atoms with E-state index in [1.165, 1.54) is 58.8 Å². The predicted octanol–water partition coefficient (Wildman–Crippen LogP) is 12.6. The van der Waals surface area contributed by atoms with E-state index >= 15 is 0 Å². The van der Waals surface area contributed by atoms with Crippen LogP contribution >= 0.6 is 11.3 Å². The Morgan fingerprint density at radius 2 is 1.04 bits per heavy atom. The molecule has 0 radical (unpaired) electrons. The first-order valence-corrected chi connectivity index (χ1v) is 17.9. The van der Waals surface area contributed by atoms with Crippen molar-refractivity contribution in [2.24, 2.45) is 0 Å². The van der Waals surface area contributed by atoms with E-state index in [9.17, 15) is 0 Å². The van der Waals surface area contributed by atoms with Crippen LogP contribution in [0.2, 0.25) is 0 Å². The molecule has 0 aliphatic heterocycles. The van der Waals surface area contributed by atoms with E-state index in [0.29, 0.717) is 0 Å². The normalized spacial score (nSPS) is 12.2. The second kappa shape index (κ2) is 10.4. The van der Waals surface area contributed by atoms with Gasteiger partial charge in [-0.05, 0) is 96.1 Å². The molecule has 0 unspecified atom stereocenters. The second-order valence-electron chi connectivity index (χ2n) is 13.1. The lowest BCUT2D eigenvalue weighted by molar-refractivity contribution is 0.669. The highest BCUT2D eigenvalue weighted by atomic mass is 32.1. The number of hydrogen-bond acceptors (Lipinski definition) is 3. The molecule has 0 saturated carbocycles. The van der Waals surface area contributed by atoms with E-state index in [-0.39, 0.29) is 0 Å². The van der Waals surface area contributed by atoms with E-state index in [1.54, 1.807) is 0 Å². The number of aryl methyl sites for hydroxylation is 1. The standard InChI is InChI=1S/C45H29N3OS/c1-2-45-46-37-11-5-8-14-40(37)48(45)30-17-20-42-34(25-30)33-23-27(15-19-41(33)49-42)28-16-21-43-35(24-28)36-26-29(18-22-44(36)50-43)47-38-12-6-3-9-31(38)32-10-4-7-13-39(32)47/h3-26H,2H2,1H3. The van der Waals surface area contributed by atoms with Gasteiger partial charge in [-0.25, -0.2) is 4.98 Å². The second-order valence-corrected chi connectivity index (χ2v) is 14.1. The topological polar surface area (TPSA) is 35.9 Å². The number of hydrogen-bond donors (Lipinski definition) is 0. The summed E-state index contributed by atoms with van der Waals surface area (Å²) < 4.78 is 13.6. The first-order valence-electron chi connectivity index (χ1n) is 17.1. The van der Waals surface area contributed by atoms with Gasteiger partial charge in [0.1, 0.15) is 17.0 Å². The van der Waals surface area contributed by atoms with Crippen LogP contribution in [0.4, 0.5) is 0 Å². The number of rotatable bonds is 4. The number of imidazole rings is 1. The molecule has 0 fully saturated rings. The molecule has 11 aromatic rings. The quantitative estimate of drug-likeness (QED) is 0.188. The van der Waals surface area contributed by atoms with Crippen molar-refractivity contribution >= 4 is 86.3 Å². The molecule has 4 heterocycles. The van der Waals surface area contributed by atoms with Crippen LogP contribution in [0.3, 0.4) is 0 Å². The molecule has 4 aromatic heterocycles. The molecule has 0 N–H and O–H groups in total. The number of fused-ring (bicyclic) bond motifs is 10. The van der Waals surface area contributed by atoms with Gasteiger partial charge in [-0.3, -0.25) is 4.57 Å². The van der Waals surface area contributed by atoms with Gasteiger partial charge in [0.05, 0.1) is 22.1 Å². The van der Waals surface area contributed by atoms with Crippen molar-refractivity contribution in [1.29, 1.82) is 0 Å². The van der Waals surface area contributed by atoms with Crippen molar-refractivity contribution < 1.29 is 4.42 Å². The highest BCUT2D eigenvalue weighted by Gasteiger charge is 2.16. The summed E-state index contributed by atoms with van der Waals surface area (Å²) in [6.07, 6.45) is 0.850. The SMILES string of the molecule is CCc1nc2ccccc2n1-c1ccc2oc3ccc(-c4ccc5sc6ccc(-n7c8ccccc8c8ccccc87)cc6c5c4)cc3c2c1. The van der Waals surface area contributed by atoms with E-state index in [2.05, 4.69) is 156 Å². The Kier molecular flexibility index (Phi) is 5.78. The fraction of sp³-hybridized carbons (Fsp3) is 0.0444. The summed E-state index contributed by atoms with van der Waals surface area (Å²) in [6.45, 7) is 2.16. The summed E-state index contributed by atoms with van der Waals surface area (Å²) >= 11 is 1.86. The molecule has 0 amide bonds. The monoisotopic (exact) mass is 659 g/mol. The molecule has 4 nitrogen and oxygen atoms in total. The summed E-state index contributed by atoms with van der Waals surface area (Å²) in [5.41, 5.74) is 11.0. The average molecular weight is 660 g/mol. The smallest absolute Gasteiger partial charge is 0.135 e. The lowest BCUT2D eigenvalue weighted by atomic mass is 10.0. The van der Waals surface area contributed by atoms with Gasteiger partial charge in [0.15, 0.2) is 0 Å². The minimum absolute atomic E-state index is 0.850. The van der Waals surface area contributed by atoms with Crippen LogP contribution in [0.25, 0.3) is 97.5 Å². The molecule has 0 spiro atoms. The van der Waals surface area contributed by atoms with Gasteiger partial charge in [0.2, 0.25) is 0 Å². The first kappa shape index (κ1) is 27.7. The molecule has 7 aromatic carbocycles. The Labute approximate surface area is 291 Å². The van der Waals surface area contributed by atoms with Crippen molar-refractivity contribution in [3.63, 3.8) is 0 Å². The summed E-state index contributed by atoms with van der Waals surface area (Å²) in [6, 6.07) is 52.7. The molecule has 0 bridgehead atoms. The fourth-order valence-corrected chi connectivity index (χ4v) is 9.04. The van der Waals surface area contributed by atoms with Crippen molar-refractivity contribution in [2.75, 3.05) is 0 Å². The van der Waals surface area contributed by atoms with Gasteiger partial charge in [-0.15, -0.1) is 11.3 Å². The molecule has 5 heteroatoms. The third-order valence-corrected chi connectivity index (χ3v) is 11.4. The molecule has 0 aliphatic rings. The summed E-state index contributed by atoms with van der Waals surface area (Å²) in [5, 5.41) is 7.34. The third-order valence-electron chi connectivity index (χ3n) is 10.3. The Morgan fingerprint density at radius 1 is 0.500 bits per heavy atom. The predicted molar refractivity (Wildman–Crippen MR) is 210 cm³/mol. The van der Waals surface area contributed by atoms with Crippen LogP contribution in [-0.4, -0.2) is 14.1 Å². The van der Waals surface area contributed by atoms with E-state index in [4.69, 9.17) is 9.40 Å². The lowest BCUT2D eigenvalue weighted by Gasteiger charge is -2.09. The molecular formula is C45H29N3OS. The summed E-state index contributed by atoms with van der Waals surface area (Å²) in [7, 11) is 0. The van der Waals surface area contributed by atoms with Gasteiger partial charge in [0.25, 0.3) is 0 Å². The Morgan fingerprint density at radius 3 is 1.80 bits per heavy atom. The lowest BCUT2D eigenvalue weighted by Crippen LogP contribution is -1.99. The van der Waals surface area contributed by atoms with Gasteiger partial charge in [-0.2, -0.15) is 0 Å². The van der Waals surface area contributed by atoms with Gasteiger partial charge < -0.3 is 8.98 Å². The first-order chi connectivity index (χ1) is 24.7. The van der Waals surface area contributed by atoms with Gasteiger partial charge in [-0.1, -0.05) is 67.6 Å². The molecule has 0 saturated heterocycles. The van der Waals surface area contributed by atoms with Crippen LogP contribution in [0.5, 0.6) is 0 Å². The van der Waals surface area contributed by atoms with Crippen LogP contribution in [0.1, 0.15) is 12.7 Å². The minimum Gasteiger partial charge on any atom is -0.456 e. The minimum atomic E-state index is 0.850. The highest BCUT2D eigenvalue weighted by molar-refractivity contribution is 7.25. The zero-order valence-corrected chi connectivity index (χ0v) is 28.0. The van der Waals surface area contributed by atoms with E-state index in [1.807, 2.05) is 17.4 Å². The van der Waals surface area contributed by atoms with E-state index < -0.39 is 0 Å². The molecule has 0 atom stereocenters. The van der Waals surface area contributed by atoms with E-state index in [0.717, 1.165) is 50.9 Å². The molecule has 50 heavy (non-hydrogen) atoms. The van der Waals surface area contributed by atoms with Crippen molar-refractivity contribution in [3.8, 4) is 22.5 Å². The molecule has 11 rings (SSSR count). The third kappa shape index (κ3) is 3.95. The number of nitrogens with zero attached hydrogens (tertiary/aromatic N) is 3. The molecule has 236 valence electrons. The van der Waals surface area contributed by atoms with Crippen LogP contribution in [-0.2, 0) is 6.42 Å². The van der Waals surface area contributed by atoms with Gasteiger partial charge in [0, 0.05) is 59.5 Å². The zero-order chi connectivity index (χ0) is 32.9. The average Bonchev–Trinajstić information content (AvgIpc) is 3.92.